The maximum atomic E-state index is 12.3. The van der Waals surface area contributed by atoms with Gasteiger partial charge in [0.1, 0.15) is 5.75 Å². The summed E-state index contributed by atoms with van der Waals surface area (Å²) in [6.07, 6.45) is 4.55. The van der Waals surface area contributed by atoms with Crippen molar-refractivity contribution in [1.29, 1.82) is 0 Å². The largest absolute Gasteiger partial charge is 0.505 e. The zero-order chi connectivity index (χ0) is 22.1. The minimum Gasteiger partial charge on any atom is -0.505 e. The van der Waals surface area contributed by atoms with Gasteiger partial charge in [-0.2, -0.15) is 0 Å². The topological polar surface area (TPSA) is 87.7 Å². The summed E-state index contributed by atoms with van der Waals surface area (Å²) >= 11 is 0. The number of anilines is 1. The fourth-order valence-electron chi connectivity index (χ4n) is 4.08. The number of rotatable bonds is 11. The molecule has 0 aromatic heterocycles. The lowest BCUT2D eigenvalue weighted by Crippen LogP contribution is -2.22. The van der Waals surface area contributed by atoms with Gasteiger partial charge < -0.3 is 20.5 Å². The second-order valence-electron chi connectivity index (χ2n) is 8.09. The summed E-state index contributed by atoms with van der Waals surface area (Å²) in [5.41, 5.74) is 3.65. The van der Waals surface area contributed by atoms with Gasteiger partial charge in [-0.3, -0.25) is 9.59 Å². The molecule has 0 fully saturated rings. The predicted octanol–water partition coefficient (Wildman–Crippen LogP) is 4.27. The lowest BCUT2D eigenvalue weighted by molar-refractivity contribution is -0.119. The molecule has 0 spiro atoms. The van der Waals surface area contributed by atoms with Gasteiger partial charge in [-0.25, -0.2) is 0 Å². The second kappa shape index (κ2) is 11.5. The Morgan fingerprint density at radius 3 is 2.71 bits per heavy atom. The SMILES string of the molecule is CC(=O)NCCC1CCc2ccc(NC(=O)CCCCOCc3ccccc3)c(O)c21. The summed E-state index contributed by atoms with van der Waals surface area (Å²) in [7, 11) is 0. The quantitative estimate of drug-likeness (QED) is 0.371. The molecule has 0 aliphatic heterocycles. The number of benzene rings is 2. The average Bonchev–Trinajstić information content (AvgIpc) is 3.17. The van der Waals surface area contributed by atoms with Crippen LogP contribution in [0.4, 0.5) is 5.69 Å². The van der Waals surface area contributed by atoms with Crippen LogP contribution in [0.5, 0.6) is 5.75 Å². The van der Waals surface area contributed by atoms with Crippen molar-refractivity contribution >= 4 is 17.5 Å². The highest BCUT2D eigenvalue weighted by molar-refractivity contribution is 5.92. The van der Waals surface area contributed by atoms with Crippen LogP contribution in [0, 0.1) is 0 Å². The van der Waals surface area contributed by atoms with Crippen LogP contribution in [0.1, 0.15) is 61.6 Å². The van der Waals surface area contributed by atoms with Gasteiger partial charge >= 0.3 is 0 Å². The Morgan fingerprint density at radius 2 is 1.94 bits per heavy atom. The number of aromatic hydroxyl groups is 1. The van der Waals surface area contributed by atoms with Gasteiger partial charge in [0, 0.05) is 32.1 Å². The molecule has 2 aromatic rings. The number of carbonyl (C=O) groups excluding carboxylic acids is 2. The molecule has 0 saturated heterocycles. The molecule has 31 heavy (non-hydrogen) atoms. The van der Waals surface area contributed by atoms with Crippen LogP contribution in [0.25, 0.3) is 0 Å². The third-order valence-electron chi connectivity index (χ3n) is 5.67. The normalized spacial score (nSPS) is 14.8. The molecular formula is C25H32N2O4. The molecule has 0 saturated carbocycles. The Kier molecular flexibility index (Phi) is 8.47. The molecule has 6 nitrogen and oxygen atoms in total. The van der Waals surface area contributed by atoms with Crippen LogP contribution in [-0.2, 0) is 27.4 Å². The van der Waals surface area contributed by atoms with Gasteiger partial charge in [0.2, 0.25) is 11.8 Å². The van der Waals surface area contributed by atoms with Crippen LogP contribution in [0.3, 0.4) is 0 Å². The molecule has 2 aromatic carbocycles. The first-order valence-corrected chi connectivity index (χ1v) is 11.0. The monoisotopic (exact) mass is 424 g/mol. The van der Waals surface area contributed by atoms with Gasteiger partial charge in [0.25, 0.3) is 0 Å². The van der Waals surface area contributed by atoms with Gasteiger partial charge in [-0.1, -0.05) is 36.4 Å². The van der Waals surface area contributed by atoms with Crippen molar-refractivity contribution in [3.8, 4) is 5.75 Å². The first kappa shape index (κ1) is 22.8. The first-order valence-electron chi connectivity index (χ1n) is 11.0. The smallest absolute Gasteiger partial charge is 0.224 e. The predicted molar refractivity (Wildman–Crippen MR) is 121 cm³/mol. The maximum absolute atomic E-state index is 12.3. The summed E-state index contributed by atoms with van der Waals surface area (Å²) < 4.78 is 5.65. The minimum atomic E-state index is -0.105. The van der Waals surface area contributed by atoms with E-state index in [2.05, 4.69) is 10.6 Å². The molecule has 3 N–H and O–H groups in total. The zero-order valence-corrected chi connectivity index (χ0v) is 18.2. The summed E-state index contributed by atoms with van der Waals surface area (Å²) in [4.78, 5) is 23.4. The van der Waals surface area contributed by atoms with Crippen molar-refractivity contribution in [2.24, 2.45) is 0 Å². The average molecular weight is 425 g/mol. The molecule has 6 heteroatoms. The van der Waals surface area contributed by atoms with Crippen LogP contribution < -0.4 is 10.6 Å². The highest BCUT2D eigenvalue weighted by atomic mass is 16.5. The van der Waals surface area contributed by atoms with Crippen LogP contribution in [0.15, 0.2) is 42.5 Å². The van der Waals surface area contributed by atoms with Crippen molar-refractivity contribution in [2.45, 2.75) is 58.0 Å². The summed E-state index contributed by atoms with van der Waals surface area (Å²) in [5, 5.41) is 16.4. The Balaban J connectivity index is 1.42. The van der Waals surface area contributed by atoms with E-state index in [4.69, 9.17) is 4.74 Å². The molecule has 1 atom stereocenters. The Bertz CT molecular complexity index is 883. The van der Waals surface area contributed by atoms with Gasteiger partial charge in [0.15, 0.2) is 0 Å². The van der Waals surface area contributed by atoms with Crippen molar-refractivity contribution in [3.63, 3.8) is 0 Å². The number of ether oxygens (including phenoxy) is 1. The lowest BCUT2D eigenvalue weighted by atomic mass is 9.96. The van der Waals surface area contributed by atoms with E-state index < -0.39 is 0 Å². The molecule has 0 bridgehead atoms. The third-order valence-corrected chi connectivity index (χ3v) is 5.67. The number of carbonyl (C=O) groups is 2. The second-order valence-corrected chi connectivity index (χ2v) is 8.09. The first-order chi connectivity index (χ1) is 15.0. The number of phenols is 1. The minimum absolute atomic E-state index is 0.0473. The molecule has 1 aliphatic rings. The summed E-state index contributed by atoms with van der Waals surface area (Å²) in [6, 6.07) is 13.8. The van der Waals surface area contributed by atoms with E-state index >= 15 is 0 Å². The van der Waals surface area contributed by atoms with E-state index in [0.29, 0.717) is 31.9 Å². The molecule has 2 amide bonds. The van der Waals surface area contributed by atoms with Gasteiger partial charge in [-0.15, -0.1) is 0 Å². The van der Waals surface area contributed by atoms with Crippen LogP contribution in [0.2, 0.25) is 0 Å². The number of hydrogen-bond acceptors (Lipinski definition) is 4. The van der Waals surface area contributed by atoms with Crippen LogP contribution >= 0.6 is 0 Å². The Morgan fingerprint density at radius 1 is 1.13 bits per heavy atom. The highest BCUT2D eigenvalue weighted by Gasteiger charge is 2.27. The number of amides is 2. The number of fused-ring (bicyclic) bond motifs is 1. The van der Waals surface area contributed by atoms with Crippen molar-refractivity contribution in [2.75, 3.05) is 18.5 Å². The molecule has 166 valence electrons. The number of nitrogens with one attached hydrogen (secondary N) is 2. The van der Waals surface area contributed by atoms with E-state index in [-0.39, 0.29) is 23.5 Å². The van der Waals surface area contributed by atoms with E-state index in [1.54, 1.807) is 6.07 Å². The molecule has 0 heterocycles. The summed E-state index contributed by atoms with van der Waals surface area (Å²) in [6.45, 7) is 3.28. The maximum Gasteiger partial charge on any atom is 0.224 e. The van der Waals surface area contributed by atoms with Gasteiger partial charge in [0.05, 0.1) is 12.3 Å². The fourth-order valence-corrected chi connectivity index (χ4v) is 4.08. The molecular weight excluding hydrogens is 392 g/mol. The zero-order valence-electron chi connectivity index (χ0n) is 18.2. The van der Waals surface area contributed by atoms with E-state index in [1.807, 2.05) is 36.4 Å². The number of unbranched alkanes of at least 4 members (excludes halogenated alkanes) is 1. The fraction of sp³-hybridized carbons (Fsp3) is 0.440. The van der Waals surface area contributed by atoms with Crippen molar-refractivity contribution in [3.05, 3.63) is 59.2 Å². The molecule has 3 rings (SSSR count). The number of phenolic OH excluding ortho intramolecular Hbond substituents is 1. The molecule has 1 aliphatic carbocycles. The highest BCUT2D eigenvalue weighted by Crippen LogP contribution is 2.44. The lowest BCUT2D eigenvalue weighted by Gasteiger charge is -2.16. The summed E-state index contributed by atoms with van der Waals surface area (Å²) in [5.74, 6) is 0.211. The number of hydrogen-bond donors (Lipinski definition) is 3. The van der Waals surface area contributed by atoms with Crippen LogP contribution in [-0.4, -0.2) is 30.1 Å². The standard InChI is InChI=1S/C25H32N2O4/c1-18(28)26-15-14-21-11-10-20-12-13-22(25(30)24(20)21)27-23(29)9-5-6-16-31-17-19-7-3-2-4-8-19/h2-4,7-8,12-13,21,30H,5-6,9-11,14-17H2,1H3,(H,26,28)(H,27,29). The van der Waals surface area contributed by atoms with E-state index in [1.165, 1.54) is 6.92 Å². The van der Waals surface area contributed by atoms with Gasteiger partial charge in [-0.05, 0) is 55.2 Å². The Hall–Kier alpha value is -2.86. The van der Waals surface area contributed by atoms with Crippen molar-refractivity contribution in [1.82, 2.24) is 5.32 Å². The molecule has 1 unspecified atom stereocenters. The molecule has 0 radical (unpaired) electrons. The number of aryl methyl sites for hydroxylation is 1. The van der Waals surface area contributed by atoms with E-state index in [0.717, 1.165) is 48.8 Å². The van der Waals surface area contributed by atoms with E-state index in [9.17, 15) is 14.7 Å². The Labute approximate surface area is 184 Å². The van der Waals surface area contributed by atoms with Crippen molar-refractivity contribution < 1.29 is 19.4 Å². The third kappa shape index (κ3) is 6.82.